The van der Waals surface area contributed by atoms with Crippen LogP contribution in [0.25, 0.3) is 17.1 Å². The summed E-state index contributed by atoms with van der Waals surface area (Å²) in [6.07, 6.45) is 8.19. The average Bonchev–Trinajstić information content (AvgIpc) is 3.29. The molecule has 1 aliphatic rings. The second-order valence-electron chi connectivity index (χ2n) is 6.39. The summed E-state index contributed by atoms with van der Waals surface area (Å²) in [6, 6.07) is 1.40. The average molecular weight is 465 g/mol. The van der Waals surface area contributed by atoms with Crippen LogP contribution in [0.5, 0.6) is 0 Å². The smallest absolute Gasteiger partial charge is 0.300 e. The normalized spacial score (nSPS) is 19.0. The number of fused-ring (bicyclic) bond motifs is 2. The van der Waals surface area contributed by atoms with Crippen molar-refractivity contribution in [2.45, 2.75) is 36.2 Å². The van der Waals surface area contributed by atoms with Gasteiger partial charge in [-0.15, -0.1) is 0 Å². The number of nitrogens with zero attached hydrogens (tertiary/aromatic N) is 5. The second-order valence-corrected chi connectivity index (χ2v) is 9.16. The van der Waals surface area contributed by atoms with E-state index in [1.807, 2.05) is 13.0 Å². The fourth-order valence-electron chi connectivity index (χ4n) is 3.05. The van der Waals surface area contributed by atoms with Crippen LogP contribution >= 0.6 is 15.9 Å². The van der Waals surface area contributed by atoms with Crippen LogP contribution in [0, 0.1) is 0 Å². The van der Waals surface area contributed by atoms with E-state index in [1.54, 1.807) is 23.6 Å². The summed E-state index contributed by atoms with van der Waals surface area (Å²) in [7, 11) is -4.03. The lowest BCUT2D eigenvalue weighted by molar-refractivity contribution is -0.115. The Labute approximate surface area is 169 Å². The van der Waals surface area contributed by atoms with Crippen LogP contribution in [0.4, 0.5) is 5.69 Å². The van der Waals surface area contributed by atoms with Crippen LogP contribution in [0.15, 0.2) is 35.8 Å². The molecule has 0 spiro atoms. The Morgan fingerprint density at radius 2 is 2.07 bits per heavy atom. The van der Waals surface area contributed by atoms with Gasteiger partial charge >= 0.3 is 10.0 Å². The molecular weight excluding hydrogens is 448 g/mol. The monoisotopic (exact) mass is 464 g/mol. The topological polar surface area (TPSA) is 112 Å². The van der Waals surface area contributed by atoms with Crippen molar-refractivity contribution < 1.29 is 13.2 Å². The highest BCUT2D eigenvalue weighted by Gasteiger charge is 2.31. The molecular formula is C17H17BrN6O3S. The van der Waals surface area contributed by atoms with Crippen molar-refractivity contribution in [3.8, 4) is 0 Å². The molecule has 2 atom stereocenters. The summed E-state index contributed by atoms with van der Waals surface area (Å²) in [4.78, 5) is 20.1. The largest absolute Gasteiger partial charge is 0.325 e. The third-order valence-corrected chi connectivity index (χ3v) is 7.22. The highest BCUT2D eigenvalue weighted by Crippen LogP contribution is 2.32. The van der Waals surface area contributed by atoms with E-state index in [4.69, 9.17) is 0 Å². The first-order chi connectivity index (χ1) is 13.3. The third-order valence-electron chi connectivity index (χ3n) is 4.57. The number of nitrogens with one attached hydrogen (secondary N) is 1. The summed E-state index contributed by atoms with van der Waals surface area (Å²) in [5.41, 5.74) is 1.09. The minimum Gasteiger partial charge on any atom is -0.325 e. The lowest BCUT2D eigenvalue weighted by Gasteiger charge is -2.24. The molecule has 1 N–H and O–H groups in total. The maximum absolute atomic E-state index is 13.4. The molecule has 0 radical (unpaired) electrons. The Bertz CT molecular complexity index is 1210. The zero-order valence-electron chi connectivity index (χ0n) is 15.1. The van der Waals surface area contributed by atoms with Gasteiger partial charge < -0.3 is 9.88 Å². The van der Waals surface area contributed by atoms with Crippen LogP contribution in [0.3, 0.4) is 0 Å². The molecule has 2 unspecified atom stereocenters. The number of carbonyl (C=O) groups excluding carboxylic acids is 1. The molecule has 28 heavy (non-hydrogen) atoms. The van der Waals surface area contributed by atoms with E-state index in [9.17, 15) is 13.2 Å². The predicted molar refractivity (Wildman–Crippen MR) is 108 cm³/mol. The van der Waals surface area contributed by atoms with Gasteiger partial charge in [0.15, 0.2) is 5.03 Å². The molecule has 4 rings (SSSR count). The Morgan fingerprint density at radius 3 is 2.82 bits per heavy atom. The maximum Gasteiger partial charge on any atom is 0.300 e. The van der Waals surface area contributed by atoms with Crippen molar-refractivity contribution in [1.82, 2.24) is 23.7 Å². The number of halogens is 1. The first-order valence-electron chi connectivity index (χ1n) is 8.61. The molecule has 3 aromatic rings. The lowest BCUT2D eigenvalue weighted by atomic mass is 10.1. The van der Waals surface area contributed by atoms with Gasteiger partial charge in [-0.3, -0.25) is 9.78 Å². The quantitative estimate of drug-likeness (QED) is 0.593. The van der Waals surface area contributed by atoms with Gasteiger partial charge in [0.1, 0.15) is 16.9 Å². The van der Waals surface area contributed by atoms with E-state index in [2.05, 4.69) is 36.3 Å². The Balaban J connectivity index is 1.84. The highest BCUT2D eigenvalue weighted by atomic mass is 79.9. The van der Waals surface area contributed by atoms with E-state index in [-0.39, 0.29) is 27.3 Å². The van der Waals surface area contributed by atoms with Crippen molar-refractivity contribution >= 4 is 54.7 Å². The van der Waals surface area contributed by atoms with Gasteiger partial charge in [0, 0.05) is 12.5 Å². The van der Waals surface area contributed by atoms with E-state index in [0.717, 1.165) is 4.09 Å². The Kier molecular flexibility index (Phi) is 4.58. The first kappa shape index (κ1) is 18.8. The number of amides is 1. The predicted octanol–water partition coefficient (Wildman–Crippen LogP) is 2.56. The van der Waals surface area contributed by atoms with Gasteiger partial charge in [-0.1, -0.05) is 28.9 Å². The zero-order valence-corrected chi connectivity index (χ0v) is 17.5. The number of imidazole rings is 1. The molecule has 11 heteroatoms. The number of hydrogen-bond acceptors (Lipinski definition) is 6. The lowest BCUT2D eigenvalue weighted by Crippen LogP contribution is -2.25. The van der Waals surface area contributed by atoms with Crippen LogP contribution in [-0.4, -0.2) is 42.9 Å². The Morgan fingerprint density at radius 1 is 1.29 bits per heavy atom. The number of aromatic nitrogens is 5. The molecule has 0 fully saturated rings. The van der Waals surface area contributed by atoms with Crippen LogP contribution < -0.4 is 5.32 Å². The SMILES string of the molecule is CCC(=O)Nc1cnc2cnn(S(=O)(=O)c3cnc4n3C(C)C(Br)C=C4)c2c1. The summed E-state index contributed by atoms with van der Waals surface area (Å²) < 4.78 is 29.3. The van der Waals surface area contributed by atoms with Crippen molar-refractivity contribution in [2.24, 2.45) is 0 Å². The summed E-state index contributed by atoms with van der Waals surface area (Å²) >= 11 is 3.53. The zero-order chi connectivity index (χ0) is 20.1. The molecule has 0 aromatic carbocycles. The maximum atomic E-state index is 13.4. The van der Waals surface area contributed by atoms with Gasteiger partial charge in [-0.25, -0.2) is 4.98 Å². The molecule has 0 saturated heterocycles. The standard InChI is InChI=1S/C17H17BrN6O3S/c1-3-16(25)22-11-6-14-13(19-7-11)8-21-24(14)28(26,27)17-9-20-15-5-4-12(18)10(2)23(15)17/h4-10,12H,3H2,1-2H3,(H,22,25). The molecule has 146 valence electrons. The molecule has 0 aliphatic carbocycles. The van der Waals surface area contributed by atoms with Crippen LogP contribution in [0.1, 0.15) is 32.1 Å². The van der Waals surface area contributed by atoms with Crippen molar-refractivity contribution in [1.29, 1.82) is 0 Å². The van der Waals surface area contributed by atoms with Gasteiger partial charge in [0.25, 0.3) is 0 Å². The van der Waals surface area contributed by atoms with E-state index in [0.29, 0.717) is 23.4 Å². The van der Waals surface area contributed by atoms with E-state index >= 15 is 0 Å². The second kappa shape index (κ2) is 6.82. The van der Waals surface area contributed by atoms with Crippen LogP contribution in [0.2, 0.25) is 0 Å². The number of anilines is 1. The number of allylic oxidation sites excluding steroid dienone is 1. The highest BCUT2D eigenvalue weighted by molar-refractivity contribution is 9.09. The van der Waals surface area contributed by atoms with Crippen molar-refractivity contribution in [3.05, 3.63) is 36.6 Å². The molecule has 1 aliphatic heterocycles. The van der Waals surface area contributed by atoms with Gasteiger partial charge in [0.05, 0.1) is 29.1 Å². The molecule has 0 saturated carbocycles. The Hall–Kier alpha value is -2.53. The minimum atomic E-state index is -4.03. The van der Waals surface area contributed by atoms with Crippen molar-refractivity contribution in [2.75, 3.05) is 5.32 Å². The molecule has 9 nitrogen and oxygen atoms in total. The van der Waals surface area contributed by atoms with Crippen LogP contribution in [-0.2, 0) is 14.8 Å². The van der Waals surface area contributed by atoms with Gasteiger partial charge in [-0.05, 0) is 19.1 Å². The fraction of sp³-hybridized carbons (Fsp3) is 0.294. The molecule has 3 aromatic heterocycles. The fourth-order valence-corrected chi connectivity index (χ4v) is 4.88. The number of carbonyl (C=O) groups is 1. The molecule has 0 bridgehead atoms. The van der Waals surface area contributed by atoms with Gasteiger partial charge in [-0.2, -0.15) is 17.6 Å². The minimum absolute atomic E-state index is 0.0185. The van der Waals surface area contributed by atoms with E-state index in [1.165, 1.54) is 18.6 Å². The summed E-state index contributed by atoms with van der Waals surface area (Å²) in [5, 5.41) is 6.76. The first-order valence-corrected chi connectivity index (χ1v) is 11.0. The number of alkyl halides is 1. The summed E-state index contributed by atoms with van der Waals surface area (Å²) in [6.45, 7) is 3.64. The van der Waals surface area contributed by atoms with Crippen molar-refractivity contribution in [3.63, 3.8) is 0 Å². The van der Waals surface area contributed by atoms with E-state index < -0.39 is 10.0 Å². The number of pyridine rings is 1. The summed E-state index contributed by atoms with van der Waals surface area (Å²) in [5.74, 6) is 0.371. The molecule has 1 amide bonds. The number of hydrogen-bond donors (Lipinski definition) is 1. The molecule has 4 heterocycles. The van der Waals surface area contributed by atoms with Gasteiger partial charge in [0.2, 0.25) is 5.91 Å². The third kappa shape index (κ3) is 2.94. The number of rotatable bonds is 4.